The highest BCUT2D eigenvalue weighted by atomic mass is 79.9. The van der Waals surface area contributed by atoms with Gasteiger partial charge in [0.15, 0.2) is 0 Å². The Labute approximate surface area is 109 Å². The lowest BCUT2D eigenvalue weighted by atomic mass is 9.99. The highest BCUT2D eigenvalue weighted by Gasteiger charge is 2.35. The minimum atomic E-state index is -4.64. The van der Waals surface area contributed by atoms with E-state index in [0.29, 0.717) is 0 Å². The molecule has 0 N–H and O–H groups in total. The zero-order chi connectivity index (χ0) is 13.9. The first kappa shape index (κ1) is 14.5. The third-order valence-electron chi connectivity index (χ3n) is 2.22. The third kappa shape index (κ3) is 3.01. The van der Waals surface area contributed by atoms with Crippen molar-refractivity contribution in [1.29, 1.82) is 5.26 Å². The SMILES string of the molecule is COC(=O)Cc1c(Br)ccc(C(F)(F)F)c1C#N. The number of nitrogens with zero attached hydrogens (tertiary/aromatic N) is 1. The molecule has 1 aromatic carbocycles. The molecule has 0 radical (unpaired) electrons. The van der Waals surface area contributed by atoms with Gasteiger partial charge in [0.05, 0.1) is 24.7 Å². The van der Waals surface area contributed by atoms with Crippen molar-refractivity contribution < 1.29 is 22.7 Å². The number of hydrogen-bond acceptors (Lipinski definition) is 3. The summed E-state index contributed by atoms with van der Waals surface area (Å²) in [7, 11) is 1.12. The zero-order valence-corrected chi connectivity index (χ0v) is 10.7. The molecule has 18 heavy (non-hydrogen) atoms. The van der Waals surface area contributed by atoms with Gasteiger partial charge in [0, 0.05) is 4.47 Å². The number of alkyl halides is 3. The van der Waals surface area contributed by atoms with E-state index >= 15 is 0 Å². The second-order valence-electron chi connectivity index (χ2n) is 3.31. The fourth-order valence-electron chi connectivity index (χ4n) is 1.38. The van der Waals surface area contributed by atoms with Gasteiger partial charge >= 0.3 is 12.1 Å². The maximum Gasteiger partial charge on any atom is 0.417 e. The molecule has 0 fully saturated rings. The number of methoxy groups -OCH3 is 1. The van der Waals surface area contributed by atoms with Crippen LogP contribution >= 0.6 is 15.9 Å². The van der Waals surface area contributed by atoms with Crippen LogP contribution in [-0.4, -0.2) is 13.1 Å². The van der Waals surface area contributed by atoms with Crippen molar-refractivity contribution in [2.75, 3.05) is 7.11 Å². The van der Waals surface area contributed by atoms with Crippen molar-refractivity contribution in [1.82, 2.24) is 0 Å². The van der Waals surface area contributed by atoms with Crippen LogP contribution in [0.15, 0.2) is 16.6 Å². The summed E-state index contributed by atoms with van der Waals surface area (Å²) in [6.07, 6.45) is -5.04. The third-order valence-corrected chi connectivity index (χ3v) is 2.96. The molecule has 0 spiro atoms. The Morgan fingerprint density at radius 2 is 2.11 bits per heavy atom. The van der Waals surface area contributed by atoms with Gasteiger partial charge in [0.2, 0.25) is 0 Å². The molecule has 7 heteroatoms. The van der Waals surface area contributed by atoms with E-state index in [1.54, 1.807) is 0 Å². The standard InChI is InChI=1S/C11H7BrF3NO2/c1-18-10(17)4-6-7(5-16)8(11(13,14)15)2-3-9(6)12/h2-3H,4H2,1H3. The molecule has 96 valence electrons. The van der Waals surface area contributed by atoms with Crippen LogP contribution in [0.25, 0.3) is 0 Å². The molecule has 0 amide bonds. The van der Waals surface area contributed by atoms with Gasteiger partial charge in [-0.25, -0.2) is 0 Å². The average molecular weight is 322 g/mol. The minimum absolute atomic E-state index is 0.0285. The summed E-state index contributed by atoms with van der Waals surface area (Å²) in [5.74, 6) is -0.716. The molecule has 0 bridgehead atoms. The number of halogens is 4. The number of esters is 1. The van der Waals surface area contributed by atoms with E-state index in [1.807, 2.05) is 0 Å². The van der Waals surface area contributed by atoms with Gasteiger partial charge < -0.3 is 4.74 Å². The second-order valence-corrected chi connectivity index (χ2v) is 4.17. The first-order valence-corrected chi connectivity index (χ1v) is 5.46. The van der Waals surface area contributed by atoms with Crippen molar-refractivity contribution in [2.24, 2.45) is 0 Å². The molecule has 0 aliphatic rings. The van der Waals surface area contributed by atoms with Gasteiger partial charge in [0.25, 0.3) is 0 Å². The average Bonchev–Trinajstić information content (AvgIpc) is 2.29. The van der Waals surface area contributed by atoms with Crippen LogP contribution in [-0.2, 0) is 22.1 Å². The van der Waals surface area contributed by atoms with Crippen molar-refractivity contribution in [3.05, 3.63) is 33.3 Å². The predicted molar refractivity (Wildman–Crippen MR) is 59.6 cm³/mol. The van der Waals surface area contributed by atoms with E-state index in [1.165, 1.54) is 6.07 Å². The fourth-order valence-corrected chi connectivity index (χ4v) is 1.85. The van der Waals surface area contributed by atoms with Crippen LogP contribution < -0.4 is 0 Å². The lowest BCUT2D eigenvalue weighted by Crippen LogP contribution is -2.13. The van der Waals surface area contributed by atoms with Crippen LogP contribution in [0.5, 0.6) is 0 Å². The van der Waals surface area contributed by atoms with E-state index in [0.717, 1.165) is 19.2 Å². The van der Waals surface area contributed by atoms with Crippen LogP contribution in [0.1, 0.15) is 16.7 Å². The quantitative estimate of drug-likeness (QED) is 0.787. The summed E-state index contributed by atoms with van der Waals surface area (Å²) < 4.78 is 42.7. The number of ether oxygens (including phenoxy) is 1. The van der Waals surface area contributed by atoms with Gasteiger partial charge in [-0.3, -0.25) is 4.79 Å². The Hall–Kier alpha value is -1.55. The van der Waals surface area contributed by atoms with Crippen LogP contribution in [0.3, 0.4) is 0 Å². The van der Waals surface area contributed by atoms with Crippen molar-refractivity contribution in [3.63, 3.8) is 0 Å². The molecule has 0 heterocycles. The van der Waals surface area contributed by atoms with Gasteiger partial charge in [-0.15, -0.1) is 0 Å². The van der Waals surface area contributed by atoms with Crippen LogP contribution in [0, 0.1) is 11.3 Å². The van der Waals surface area contributed by atoms with Crippen molar-refractivity contribution >= 4 is 21.9 Å². The van der Waals surface area contributed by atoms with E-state index < -0.39 is 29.7 Å². The van der Waals surface area contributed by atoms with Gasteiger partial charge in [-0.1, -0.05) is 15.9 Å². The highest BCUT2D eigenvalue weighted by Crippen LogP contribution is 2.35. The fraction of sp³-hybridized carbons (Fsp3) is 0.273. The first-order chi connectivity index (χ1) is 8.31. The number of carbonyl (C=O) groups excluding carboxylic acids is 1. The largest absolute Gasteiger partial charge is 0.469 e. The highest BCUT2D eigenvalue weighted by molar-refractivity contribution is 9.10. The molecular weight excluding hydrogens is 315 g/mol. The summed E-state index contributed by atoms with van der Waals surface area (Å²) in [5, 5.41) is 8.85. The molecule has 0 saturated heterocycles. The van der Waals surface area contributed by atoms with Gasteiger partial charge in [-0.2, -0.15) is 18.4 Å². The maximum atomic E-state index is 12.7. The minimum Gasteiger partial charge on any atom is -0.469 e. The second kappa shape index (κ2) is 5.40. The molecule has 1 aromatic rings. The Morgan fingerprint density at radius 1 is 1.50 bits per heavy atom. The van der Waals surface area contributed by atoms with Crippen LogP contribution in [0.2, 0.25) is 0 Å². The molecule has 0 aromatic heterocycles. The molecular formula is C11H7BrF3NO2. The number of rotatable bonds is 2. The number of hydrogen-bond donors (Lipinski definition) is 0. The monoisotopic (exact) mass is 321 g/mol. The maximum absolute atomic E-state index is 12.7. The van der Waals surface area contributed by atoms with Crippen molar-refractivity contribution in [2.45, 2.75) is 12.6 Å². The number of nitriles is 1. The summed E-state index contributed by atoms with van der Waals surface area (Å²) in [6, 6.07) is 3.43. The summed E-state index contributed by atoms with van der Waals surface area (Å²) >= 11 is 3.02. The number of carbonyl (C=O) groups is 1. The summed E-state index contributed by atoms with van der Waals surface area (Å²) in [4.78, 5) is 11.1. The van der Waals surface area contributed by atoms with E-state index in [9.17, 15) is 18.0 Å². The van der Waals surface area contributed by atoms with Crippen LogP contribution in [0.4, 0.5) is 13.2 Å². The molecule has 0 aliphatic heterocycles. The lowest BCUT2D eigenvalue weighted by molar-refractivity contribution is -0.140. The normalized spacial score (nSPS) is 10.9. The zero-order valence-electron chi connectivity index (χ0n) is 9.14. The Balaban J connectivity index is 3.41. The van der Waals surface area contributed by atoms with Crippen molar-refractivity contribution in [3.8, 4) is 6.07 Å². The topological polar surface area (TPSA) is 50.1 Å². The molecule has 0 unspecified atom stereocenters. The van der Waals surface area contributed by atoms with E-state index in [4.69, 9.17) is 5.26 Å². The van der Waals surface area contributed by atoms with E-state index in [2.05, 4.69) is 20.7 Å². The molecule has 1 rings (SSSR count). The molecule has 0 saturated carbocycles. The lowest BCUT2D eigenvalue weighted by Gasteiger charge is -2.13. The molecule has 0 aliphatic carbocycles. The molecule has 3 nitrogen and oxygen atoms in total. The number of benzene rings is 1. The Morgan fingerprint density at radius 3 is 2.56 bits per heavy atom. The van der Waals surface area contributed by atoms with Gasteiger partial charge in [-0.05, 0) is 17.7 Å². The predicted octanol–water partition coefficient (Wildman–Crippen LogP) is 3.06. The Bertz CT molecular complexity index is 520. The Kier molecular flexibility index (Phi) is 4.35. The van der Waals surface area contributed by atoms with Gasteiger partial charge in [0.1, 0.15) is 6.07 Å². The molecule has 0 atom stereocenters. The smallest absolute Gasteiger partial charge is 0.417 e. The first-order valence-electron chi connectivity index (χ1n) is 4.66. The summed E-state index contributed by atoms with van der Waals surface area (Å²) in [6.45, 7) is 0. The summed E-state index contributed by atoms with van der Waals surface area (Å²) in [5.41, 5.74) is -1.66. The van der Waals surface area contributed by atoms with E-state index in [-0.39, 0.29) is 10.0 Å².